The summed E-state index contributed by atoms with van der Waals surface area (Å²) in [5.74, 6) is 0.0635. The van der Waals surface area contributed by atoms with Gasteiger partial charge in [0.1, 0.15) is 11.5 Å². The number of hydrogen-bond acceptors (Lipinski definition) is 5. The third-order valence-corrected chi connectivity index (χ3v) is 4.06. The minimum atomic E-state index is -4.23. The maximum atomic E-state index is 11.9. The first-order chi connectivity index (χ1) is 11.9. The number of phosphoric ester groups is 1. The van der Waals surface area contributed by atoms with E-state index in [1.165, 1.54) is 0 Å². The molecule has 0 heterocycles. The van der Waals surface area contributed by atoms with E-state index in [4.69, 9.17) is 13.8 Å². The summed E-state index contributed by atoms with van der Waals surface area (Å²) in [6, 6.07) is 15.1. The normalized spacial score (nSPS) is 12.9. The molecule has 0 saturated heterocycles. The summed E-state index contributed by atoms with van der Waals surface area (Å²) in [5.41, 5.74) is 0.944. The van der Waals surface area contributed by atoms with Crippen molar-refractivity contribution in [2.45, 2.75) is 13.3 Å². The molecular weight excluding hydrogens is 343 g/mol. The Kier molecular flexibility index (Phi) is 6.53. The van der Waals surface area contributed by atoms with Crippen molar-refractivity contribution in [1.82, 2.24) is 0 Å². The second kappa shape index (κ2) is 8.62. The highest BCUT2D eigenvalue weighted by Crippen LogP contribution is 2.43. The number of para-hydroxylation sites is 2. The molecule has 0 aromatic heterocycles. The van der Waals surface area contributed by atoms with Gasteiger partial charge in [0.15, 0.2) is 0 Å². The molecule has 0 saturated carbocycles. The van der Waals surface area contributed by atoms with E-state index in [0.717, 1.165) is 0 Å². The first kappa shape index (κ1) is 18.9. The van der Waals surface area contributed by atoms with Crippen LogP contribution in [0.2, 0.25) is 0 Å². The van der Waals surface area contributed by atoms with Gasteiger partial charge in [-0.2, -0.15) is 0 Å². The van der Waals surface area contributed by atoms with Gasteiger partial charge in [0.2, 0.25) is 0 Å². The van der Waals surface area contributed by atoms with Crippen molar-refractivity contribution in [1.29, 1.82) is 0 Å². The average molecular weight is 362 g/mol. The molecule has 1 atom stereocenters. The number of ether oxygens (including phenoxy) is 1. The van der Waals surface area contributed by atoms with Crippen LogP contribution in [0.3, 0.4) is 0 Å². The van der Waals surface area contributed by atoms with Crippen LogP contribution in [0.15, 0.2) is 66.7 Å². The van der Waals surface area contributed by atoms with Crippen LogP contribution < -0.4 is 9.26 Å². The third kappa shape index (κ3) is 6.19. The number of phosphoric acid groups is 1. The van der Waals surface area contributed by atoms with E-state index in [2.05, 4.69) is 6.58 Å². The number of rotatable bonds is 8. The molecule has 1 unspecified atom stereocenters. The van der Waals surface area contributed by atoms with Crippen molar-refractivity contribution in [2.75, 3.05) is 6.61 Å². The van der Waals surface area contributed by atoms with Crippen LogP contribution in [0.5, 0.6) is 11.5 Å². The molecule has 0 aliphatic carbocycles. The molecule has 2 aromatic rings. The van der Waals surface area contributed by atoms with Gasteiger partial charge in [-0.25, -0.2) is 9.36 Å². The molecule has 7 heteroatoms. The van der Waals surface area contributed by atoms with Crippen molar-refractivity contribution in [3.05, 3.63) is 72.3 Å². The van der Waals surface area contributed by atoms with E-state index in [-0.39, 0.29) is 24.4 Å². The van der Waals surface area contributed by atoms with Crippen molar-refractivity contribution in [3.8, 4) is 11.5 Å². The lowest BCUT2D eigenvalue weighted by atomic mass is 10.1. The fraction of sp³-hybridized carbons (Fsp3) is 0.167. The summed E-state index contributed by atoms with van der Waals surface area (Å²) in [5, 5.41) is 0. The minimum absolute atomic E-state index is 0.0811. The topological polar surface area (TPSA) is 82.1 Å². The molecule has 25 heavy (non-hydrogen) atoms. The molecule has 0 fully saturated rings. The quantitative estimate of drug-likeness (QED) is 0.332. The van der Waals surface area contributed by atoms with Gasteiger partial charge in [-0.1, -0.05) is 43.0 Å². The predicted octanol–water partition coefficient (Wildman–Crippen LogP) is 3.91. The van der Waals surface area contributed by atoms with Gasteiger partial charge in [-0.15, -0.1) is 0 Å². The number of carbonyl (C=O) groups excluding carboxylic acids is 1. The molecule has 0 spiro atoms. The van der Waals surface area contributed by atoms with Crippen LogP contribution >= 0.6 is 7.82 Å². The van der Waals surface area contributed by atoms with Gasteiger partial charge in [0.05, 0.1) is 6.61 Å². The van der Waals surface area contributed by atoms with Crippen LogP contribution in [0, 0.1) is 0 Å². The number of esters is 1. The Morgan fingerprint density at radius 3 is 2.44 bits per heavy atom. The third-order valence-electron chi connectivity index (χ3n) is 3.11. The maximum absolute atomic E-state index is 11.9. The molecule has 2 aromatic carbocycles. The predicted molar refractivity (Wildman–Crippen MR) is 93.4 cm³/mol. The Balaban J connectivity index is 1.94. The van der Waals surface area contributed by atoms with Crippen LogP contribution in [-0.4, -0.2) is 17.5 Å². The molecule has 2 rings (SSSR count). The largest absolute Gasteiger partial charge is 0.527 e. The first-order valence-electron chi connectivity index (χ1n) is 7.55. The number of benzene rings is 2. The Morgan fingerprint density at radius 2 is 1.76 bits per heavy atom. The molecule has 1 N–H and O–H groups in total. The zero-order valence-electron chi connectivity index (χ0n) is 13.8. The van der Waals surface area contributed by atoms with Gasteiger partial charge >= 0.3 is 13.8 Å². The van der Waals surface area contributed by atoms with Gasteiger partial charge in [-0.05, 0) is 30.7 Å². The molecule has 0 bridgehead atoms. The zero-order chi connectivity index (χ0) is 18.3. The average Bonchev–Trinajstić information content (AvgIpc) is 2.56. The Hall–Kier alpha value is -2.40. The first-order valence-corrected chi connectivity index (χ1v) is 9.04. The van der Waals surface area contributed by atoms with E-state index in [1.807, 2.05) is 0 Å². The van der Waals surface area contributed by atoms with Crippen molar-refractivity contribution in [2.24, 2.45) is 0 Å². The van der Waals surface area contributed by atoms with Crippen molar-refractivity contribution in [3.63, 3.8) is 0 Å². The Morgan fingerprint density at radius 1 is 1.12 bits per heavy atom. The Bertz CT molecular complexity index is 787. The second-order valence-corrected chi connectivity index (χ2v) is 6.61. The lowest BCUT2D eigenvalue weighted by molar-refractivity contribution is -0.130. The van der Waals surface area contributed by atoms with Crippen LogP contribution in [0.4, 0.5) is 0 Å². The summed E-state index contributed by atoms with van der Waals surface area (Å²) in [7, 11) is -4.23. The van der Waals surface area contributed by atoms with Gasteiger partial charge in [0, 0.05) is 12.0 Å². The van der Waals surface area contributed by atoms with E-state index in [1.54, 1.807) is 61.5 Å². The van der Waals surface area contributed by atoms with Crippen molar-refractivity contribution < 1.29 is 28.0 Å². The second-order valence-electron chi connectivity index (χ2n) is 5.23. The molecule has 0 aliphatic rings. The Labute approximate surface area is 146 Å². The fourth-order valence-electron chi connectivity index (χ4n) is 1.91. The summed E-state index contributed by atoms with van der Waals surface area (Å²) in [4.78, 5) is 21.4. The highest BCUT2D eigenvalue weighted by Gasteiger charge is 2.23. The minimum Gasteiger partial charge on any atom is -0.423 e. The fourth-order valence-corrected chi connectivity index (χ4v) is 2.67. The summed E-state index contributed by atoms with van der Waals surface area (Å²) in [6.07, 6.45) is 0.266. The standard InChI is InChI=1S/C18H19O6P/c1-14(2)18(19)23-17-11-7-6-8-15(17)12-13-22-25(20,21)24-16-9-4-3-5-10-16/h3-11H,1,12-13H2,2H3,(H,20,21). The summed E-state index contributed by atoms with van der Waals surface area (Å²) >= 11 is 0. The van der Waals surface area contributed by atoms with Gasteiger partial charge in [0.25, 0.3) is 0 Å². The lowest BCUT2D eigenvalue weighted by Gasteiger charge is -2.14. The molecule has 0 aliphatic heterocycles. The van der Waals surface area contributed by atoms with Crippen molar-refractivity contribution >= 4 is 13.8 Å². The van der Waals surface area contributed by atoms with Crippen LogP contribution in [-0.2, 0) is 20.3 Å². The zero-order valence-corrected chi connectivity index (χ0v) is 14.6. The maximum Gasteiger partial charge on any atom is 0.527 e. The monoisotopic (exact) mass is 362 g/mol. The summed E-state index contributed by atoms with van der Waals surface area (Å²) in [6.45, 7) is 5.00. The molecule has 0 amide bonds. The number of hydrogen-bond donors (Lipinski definition) is 1. The molecule has 6 nitrogen and oxygen atoms in total. The molecular formula is C18H19O6P. The van der Waals surface area contributed by atoms with E-state index >= 15 is 0 Å². The van der Waals surface area contributed by atoms with Crippen LogP contribution in [0.1, 0.15) is 12.5 Å². The summed E-state index contributed by atoms with van der Waals surface area (Å²) < 4.78 is 27.1. The van der Waals surface area contributed by atoms with E-state index in [9.17, 15) is 14.3 Å². The smallest absolute Gasteiger partial charge is 0.423 e. The van der Waals surface area contributed by atoms with Gasteiger partial charge in [-0.3, -0.25) is 9.42 Å². The SMILES string of the molecule is C=C(C)C(=O)Oc1ccccc1CCOP(=O)(O)Oc1ccccc1. The van der Waals surface area contributed by atoms with E-state index in [0.29, 0.717) is 11.3 Å². The number of carbonyl (C=O) groups is 1. The lowest BCUT2D eigenvalue weighted by Crippen LogP contribution is -2.10. The van der Waals surface area contributed by atoms with Gasteiger partial charge < -0.3 is 9.26 Å². The highest BCUT2D eigenvalue weighted by molar-refractivity contribution is 7.47. The van der Waals surface area contributed by atoms with Crippen LogP contribution in [0.25, 0.3) is 0 Å². The molecule has 0 radical (unpaired) electrons. The van der Waals surface area contributed by atoms with E-state index < -0.39 is 13.8 Å². The molecule has 132 valence electrons. The highest BCUT2D eigenvalue weighted by atomic mass is 31.2.